The van der Waals surface area contributed by atoms with Crippen LogP contribution in [0.4, 0.5) is 16.2 Å². The van der Waals surface area contributed by atoms with E-state index in [1.165, 1.54) is 11.1 Å². The number of rotatable bonds is 6. The molecule has 1 saturated heterocycles. The number of aliphatic imine (C=N–C) groups is 1. The molecule has 1 fully saturated rings. The van der Waals surface area contributed by atoms with Gasteiger partial charge in [0.05, 0.1) is 0 Å². The highest BCUT2D eigenvalue weighted by Crippen LogP contribution is 2.27. The number of aryl methyl sites for hydroxylation is 2. The number of carbonyl (C=O) groups is 1. The van der Waals surface area contributed by atoms with Gasteiger partial charge in [-0.25, -0.2) is 4.79 Å². The van der Waals surface area contributed by atoms with E-state index in [2.05, 4.69) is 50.4 Å². The molecule has 0 aliphatic carbocycles. The van der Waals surface area contributed by atoms with E-state index in [0.717, 1.165) is 72.2 Å². The van der Waals surface area contributed by atoms with Gasteiger partial charge in [0.1, 0.15) is 0 Å². The maximum absolute atomic E-state index is 12.6. The Morgan fingerprint density at radius 1 is 0.972 bits per heavy atom. The van der Waals surface area contributed by atoms with Crippen molar-refractivity contribution in [1.29, 1.82) is 0 Å². The molecule has 36 heavy (non-hydrogen) atoms. The van der Waals surface area contributed by atoms with Crippen LogP contribution in [0.15, 0.2) is 59.7 Å². The highest BCUT2D eigenvalue weighted by molar-refractivity contribution is 6.05. The molecule has 7 heteroatoms. The van der Waals surface area contributed by atoms with Gasteiger partial charge in [0.25, 0.3) is 0 Å². The van der Waals surface area contributed by atoms with E-state index >= 15 is 0 Å². The number of pyridine rings is 1. The average Bonchev–Trinajstić information content (AvgIpc) is 2.87. The number of hydrogen-bond acceptors (Lipinski definition) is 5. The Morgan fingerprint density at radius 2 is 1.64 bits per heavy atom. The van der Waals surface area contributed by atoms with Crippen molar-refractivity contribution in [2.45, 2.75) is 27.3 Å². The van der Waals surface area contributed by atoms with Gasteiger partial charge < -0.3 is 15.5 Å². The Morgan fingerprint density at radius 3 is 2.31 bits per heavy atom. The van der Waals surface area contributed by atoms with Crippen LogP contribution in [0.5, 0.6) is 0 Å². The monoisotopic (exact) mass is 484 g/mol. The van der Waals surface area contributed by atoms with Gasteiger partial charge in [-0.2, -0.15) is 0 Å². The third kappa shape index (κ3) is 6.17. The summed E-state index contributed by atoms with van der Waals surface area (Å²) < 4.78 is 0. The second-order valence-corrected chi connectivity index (χ2v) is 9.51. The summed E-state index contributed by atoms with van der Waals surface area (Å²) in [6, 6.07) is 15.7. The number of likely N-dealkylation sites (N-methyl/N-ethyl adjacent to an activating group) is 1. The molecule has 0 atom stereocenters. The van der Waals surface area contributed by atoms with Gasteiger partial charge in [0.15, 0.2) is 0 Å². The molecule has 1 aliphatic rings. The van der Waals surface area contributed by atoms with Gasteiger partial charge >= 0.3 is 6.03 Å². The molecule has 2 aromatic carbocycles. The Balaban J connectivity index is 1.38. The summed E-state index contributed by atoms with van der Waals surface area (Å²) in [6.45, 7) is 11.4. The quantitative estimate of drug-likeness (QED) is 0.472. The fourth-order valence-corrected chi connectivity index (χ4v) is 4.60. The minimum absolute atomic E-state index is 0.261. The lowest BCUT2D eigenvalue weighted by Crippen LogP contribution is -2.43. The molecular formula is C29H36N6O. The van der Waals surface area contributed by atoms with E-state index in [1.807, 2.05) is 62.5 Å². The van der Waals surface area contributed by atoms with Crippen LogP contribution in [-0.2, 0) is 6.54 Å². The Hall–Kier alpha value is -3.55. The smallest absolute Gasteiger partial charge is 0.308 e. The van der Waals surface area contributed by atoms with Gasteiger partial charge in [0, 0.05) is 74.3 Å². The van der Waals surface area contributed by atoms with Crippen molar-refractivity contribution < 1.29 is 4.79 Å². The van der Waals surface area contributed by atoms with Crippen LogP contribution in [0.1, 0.15) is 29.3 Å². The number of aromatic nitrogens is 1. The van der Waals surface area contributed by atoms with Crippen LogP contribution in [-0.4, -0.2) is 66.8 Å². The molecule has 2 amide bonds. The first-order chi connectivity index (χ1) is 17.3. The Labute approximate surface area is 214 Å². The van der Waals surface area contributed by atoms with Crippen molar-refractivity contribution in [1.82, 2.24) is 14.8 Å². The number of piperazine rings is 1. The number of carbonyl (C=O) groups excluding carboxylic acids is 1. The van der Waals surface area contributed by atoms with Crippen LogP contribution in [0, 0.1) is 13.8 Å². The zero-order valence-corrected chi connectivity index (χ0v) is 21.9. The van der Waals surface area contributed by atoms with Crippen LogP contribution >= 0.6 is 0 Å². The summed E-state index contributed by atoms with van der Waals surface area (Å²) in [6.07, 6.45) is 1.81. The zero-order chi connectivity index (χ0) is 25.7. The number of nitrogens with one attached hydrogen (secondary N) is 2. The van der Waals surface area contributed by atoms with Crippen molar-refractivity contribution in [2.75, 3.05) is 50.9 Å². The average molecular weight is 485 g/mol. The first-order valence-electron chi connectivity index (χ1n) is 12.4. The standard InChI is InChI=1S/C29H36N6O/c1-20-18-26(11-8-24(20)19-35-16-14-34(5)15-17-35)33-29(36)32-25-9-6-23(7-10-25)27-12-13-31-22(3)28(27)21(2)30-4/h6-13,18H,14-17,19H2,1-5H3,(H2,32,33,36). The van der Waals surface area contributed by atoms with Gasteiger partial charge in [-0.15, -0.1) is 0 Å². The van der Waals surface area contributed by atoms with Gasteiger partial charge in [0.2, 0.25) is 0 Å². The second kappa shape index (κ2) is 11.5. The highest BCUT2D eigenvalue weighted by atomic mass is 16.2. The second-order valence-electron chi connectivity index (χ2n) is 9.51. The topological polar surface area (TPSA) is 72.9 Å². The molecule has 4 rings (SSSR count). The van der Waals surface area contributed by atoms with Crippen molar-refractivity contribution in [3.05, 3.63) is 77.1 Å². The maximum Gasteiger partial charge on any atom is 0.323 e. The molecule has 0 saturated carbocycles. The minimum Gasteiger partial charge on any atom is -0.308 e. The summed E-state index contributed by atoms with van der Waals surface area (Å²) in [5.74, 6) is 0. The van der Waals surface area contributed by atoms with Crippen molar-refractivity contribution >= 4 is 23.1 Å². The molecule has 1 aromatic heterocycles. The predicted octanol–water partition coefficient (Wildman–Crippen LogP) is 5.20. The van der Waals surface area contributed by atoms with Gasteiger partial charge in [-0.1, -0.05) is 18.2 Å². The normalized spacial score (nSPS) is 15.1. The van der Waals surface area contributed by atoms with Crippen LogP contribution in [0.2, 0.25) is 0 Å². The first-order valence-corrected chi connectivity index (χ1v) is 12.4. The summed E-state index contributed by atoms with van der Waals surface area (Å²) in [5, 5.41) is 5.89. The molecule has 3 aromatic rings. The molecular weight excluding hydrogens is 448 g/mol. The maximum atomic E-state index is 12.6. The molecule has 188 valence electrons. The van der Waals surface area contributed by atoms with Crippen LogP contribution < -0.4 is 10.6 Å². The van der Waals surface area contributed by atoms with Crippen LogP contribution in [0.3, 0.4) is 0 Å². The molecule has 1 aliphatic heterocycles. The Bertz CT molecular complexity index is 1240. The number of amides is 2. The molecule has 0 unspecified atom stereocenters. The third-order valence-corrected chi connectivity index (χ3v) is 6.88. The van der Waals surface area contributed by atoms with E-state index in [1.54, 1.807) is 7.05 Å². The summed E-state index contributed by atoms with van der Waals surface area (Å²) >= 11 is 0. The molecule has 2 N–H and O–H groups in total. The third-order valence-electron chi connectivity index (χ3n) is 6.88. The lowest BCUT2D eigenvalue weighted by molar-refractivity contribution is 0.148. The Kier molecular flexibility index (Phi) is 8.13. The van der Waals surface area contributed by atoms with E-state index in [4.69, 9.17) is 0 Å². The van der Waals surface area contributed by atoms with Crippen molar-refractivity contribution in [3.8, 4) is 11.1 Å². The molecule has 0 radical (unpaired) electrons. The number of anilines is 2. The molecule has 7 nitrogen and oxygen atoms in total. The van der Waals surface area contributed by atoms with E-state index in [0.29, 0.717) is 0 Å². The SMILES string of the molecule is CN=C(C)c1c(-c2ccc(NC(=O)Nc3ccc(CN4CCN(C)CC4)c(C)c3)cc2)ccnc1C. The fraction of sp³-hybridized carbons (Fsp3) is 0.345. The first kappa shape index (κ1) is 25.5. The fourth-order valence-electron chi connectivity index (χ4n) is 4.60. The minimum atomic E-state index is -0.261. The van der Waals surface area contributed by atoms with Gasteiger partial charge in [-0.05, 0) is 80.4 Å². The summed E-state index contributed by atoms with van der Waals surface area (Å²) in [7, 11) is 3.96. The summed E-state index contributed by atoms with van der Waals surface area (Å²) in [4.78, 5) is 26.3. The van der Waals surface area contributed by atoms with Crippen molar-refractivity contribution in [3.63, 3.8) is 0 Å². The number of nitrogens with zero attached hydrogens (tertiary/aromatic N) is 4. The largest absolute Gasteiger partial charge is 0.323 e. The molecule has 2 heterocycles. The van der Waals surface area contributed by atoms with E-state index in [-0.39, 0.29) is 6.03 Å². The van der Waals surface area contributed by atoms with Crippen LogP contribution in [0.25, 0.3) is 11.1 Å². The van der Waals surface area contributed by atoms with Gasteiger partial charge in [-0.3, -0.25) is 14.9 Å². The highest BCUT2D eigenvalue weighted by Gasteiger charge is 2.15. The predicted molar refractivity (Wildman–Crippen MR) is 149 cm³/mol. The van der Waals surface area contributed by atoms with E-state index in [9.17, 15) is 4.79 Å². The van der Waals surface area contributed by atoms with E-state index < -0.39 is 0 Å². The molecule has 0 spiro atoms. The van der Waals surface area contributed by atoms with Crippen molar-refractivity contribution in [2.24, 2.45) is 4.99 Å². The molecule has 0 bridgehead atoms. The number of hydrogen-bond donors (Lipinski definition) is 2. The zero-order valence-electron chi connectivity index (χ0n) is 21.9. The lowest BCUT2D eigenvalue weighted by Gasteiger charge is -2.32. The number of urea groups is 1. The lowest BCUT2D eigenvalue weighted by atomic mass is 9.96. The summed E-state index contributed by atoms with van der Waals surface area (Å²) in [5.41, 5.74) is 9.07. The number of benzene rings is 2.